The molecule has 0 fully saturated rings. The number of ketones is 1. The third-order valence-corrected chi connectivity index (χ3v) is 21.6. The second-order valence-electron chi connectivity index (χ2n) is 30.6. The Bertz CT molecular complexity index is 7870. The van der Waals surface area contributed by atoms with Crippen molar-refractivity contribution in [2.45, 2.75) is 13.8 Å². The van der Waals surface area contributed by atoms with Crippen molar-refractivity contribution in [2.24, 2.45) is 0 Å². The zero-order chi connectivity index (χ0) is 90.4. The predicted octanol–water partition coefficient (Wildman–Crippen LogP) is 26.9. The number of hydrogen-bond acceptors (Lipinski definition) is 11. The number of hydrogen-bond donors (Lipinski definition) is 1. The van der Waals surface area contributed by atoms with Gasteiger partial charge < -0.3 is 52.6 Å². The fourth-order valence-electron chi connectivity index (χ4n) is 15.7. The standard InChI is InChI=1S/C19H11N2.2C19H13N2.C16H12N2O.C15H11N2.C15H10N.C9H6N2.C5H8O2.7Ir/c1-2-9-15-13(7-1)14-8-3-5-11-17(14)21-18-12-6-4-10-16(18)20-19(15)21;2*1-3-9-15(10-4-1)19-20-17-13-7-8-14-18(17)21(19)16-11-5-2-6-12-16;1-17-9-10-18(11-17)14-7-4-6-13-12-5-2-3-8-15(12)19-16(13)14;1-3-7-13(8-4-1)15-16-11-12-17(15)14-9-5-2-6-10-14;1-2-7-13(8-3-1)15-14-9-5-4-6-12(14)10-11-16-15;1-2-4-8(5-3-1)9-6-7-10-11-9;1-4(6)3-5(2)7;;;;;;;/h1-8,10-12H;2*1-9,11-14H;2-6,8-11H,1H3;1-7,9-12H;1-7,9-11H;1-4,6-7H;3,6H,1-2H3;;;;;;;/q3*-1;-2;2*-1;-2;;;;;;;;. The minimum absolute atomic E-state index is 0. The molecule has 1 aliphatic rings. The molecular formula is C117H84Ir7N13O3-9. The van der Waals surface area contributed by atoms with Gasteiger partial charge in [0.05, 0.1) is 62.0 Å². The van der Waals surface area contributed by atoms with Crippen LogP contribution in [0.25, 0.3) is 167 Å². The first-order chi connectivity index (χ1) is 65.6. The van der Waals surface area contributed by atoms with Crippen LogP contribution in [0.3, 0.4) is 0 Å². The summed E-state index contributed by atoms with van der Waals surface area (Å²) in [6.07, 6.45) is 12.5. The third kappa shape index (κ3) is 25.5. The van der Waals surface area contributed by atoms with E-state index in [0.29, 0.717) is 0 Å². The van der Waals surface area contributed by atoms with E-state index in [4.69, 9.17) is 24.5 Å². The molecule has 7 radical (unpaired) electrons. The van der Waals surface area contributed by atoms with Gasteiger partial charge in [0.1, 0.15) is 5.58 Å². The average molecular weight is 3070 g/mol. The van der Waals surface area contributed by atoms with Crippen molar-refractivity contribution < 1.29 is 155 Å². The normalized spacial score (nSPS) is 10.9. The summed E-state index contributed by atoms with van der Waals surface area (Å²) < 4.78 is 14.7. The molecule has 25 rings (SSSR count). The first kappa shape index (κ1) is 107. The van der Waals surface area contributed by atoms with Gasteiger partial charge in [-0.15, -0.1) is 210 Å². The van der Waals surface area contributed by atoms with Gasteiger partial charge in [-0.1, -0.05) is 168 Å². The quantitative estimate of drug-likeness (QED) is 0.0596. The molecular weight excluding hydrogens is 2980 g/mol. The van der Waals surface area contributed by atoms with Gasteiger partial charge >= 0.3 is 0 Å². The summed E-state index contributed by atoms with van der Waals surface area (Å²) in [5.74, 6) is 2.69. The number of furan rings is 1. The van der Waals surface area contributed by atoms with Crippen molar-refractivity contribution in [3.8, 4) is 73.7 Å². The summed E-state index contributed by atoms with van der Waals surface area (Å²) in [6, 6.07) is 156. The molecule has 24 aromatic rings. The van der Waals surface area contributed by atoms with Gasteiger partial charge in [0, 0.05) is 199 Å². The third-order valence-electron chi connectivity index (χ3n) is 21.6. The largest absolute Gasteiger partial charge is 0.619 e. The van der Waals surface area contributed by atoms with Gasteiger partial charge in [0.15, 0.2) is 5.78 Å². The van der Waals surface area contributed by atoms with E-state index in [1.54, 1.807) is 6.20 Å². The number of aliphatic hydroxyl groups excluding tert-OH is 1. The van der Waals surface area contributed by atoms with E-state index in [2.05, 4.69) is 196 Å². The summed E-state index contributed by atoms with van der Waals surface area (Å²) in [5.41, 5.74) is 21.5. The minimum Gasteiger partial charge on any atom is -0.619 e. The molecule has 707 valence electrons. The van der Waals surface area contributed by atoms with E-state index in [9.17, 15) is 4.79 Å². The molecule has 0 spiro atoms. The van der Waals surface area contributed by atoms with Crippen LogP contribution in [0.15, 0.2) is 454 Å². The molecule has 0 unspecified atom stereocenters. The van der Waals surface area contributed by atoms with Gasteiger partial charge in [0.2, 0.25) is 0 Å². The Balaban J connectivity index is 0.000000154. The number of para-hydroxylation sites is 11. The van der Waals surface area contributed by atoms with Gasteiger partial charge in [-0.25, -0.2) is 5.69 Å². The molecule has 8 aromatic heterocycles. The van der Waals surface area contributed by atoms with Crippen LogP contribution >= 0.6 is 0 Å². The minimum atomic E-state index is -0.125. The van der Waals surface area contributed by atoms with Crippen LogP contribution in [0.5, 0.6) is 0 Å². The average Bonchev–Trinajstić information content (AvgIpc) is 1.55. The number of rotatable bonds is 10. The molecule has 0 aliphatic carbocycles. The molecule has 140 heavy (non-hydrogen) atoms. The van der Waals surface area contributed by atoms with Crippen molar-refractivity contribution in [1.82, 2.24) is 58.1 Å². The van der Waals surface area contributed by atoms with Crippen molar-refractivity contribution >= 4 is 105 Å². The molecule has 9 heterocycles. The van der Waals surface area contributed by atoms with Crippen LogP contribution in [0.4, 0.5) is 5.69 Å². The smallest absolute Gasteiger partial charge is 0.155 e. The Morgan fingerprint density at radius 1 is 0.379 bits per heavy atom. The summed E-state index contributed by atoms with van der Waals surface area (Å²) in [6.45, 7) is 4.85. The number of aromatic nitrogens is 11. The number of imidazole rings is 4. The number of anilines is 1. The fraction of sp³-hybridized carbons (Fsp3) is 0.0256. The van der Waals surface area contributed by atoms with E-state index in [1.165, 1.54) is 47.0 Å². The molecule has 0 saturated carbocycles. The van der Waals surface area contributed by atoms with E-state index >= 15 is 0 Å². The van der Waals surface area contributed by atoms with Gasteiger partial charge in [0.25, 0.3) is 0 Å². The summed E-state index contributed by atoms with van der Waals surface area (Å²) >= 11 is 0. The first-order valence-electron chi connectivity index (χ1n) is 43.2. The van der Waals surface area contributed by atoms with E-state index in [1.807, 2.05) is 340 Å². The zero-order valence-electron chi connectivity index (χ0n) is 75.1. The Hall–Kier alpha value is -13.3. The van der Waals surface area contributed by atoms with Gasteiger partial charge in [-0.05, 0) is 152 Å². The Morgan fingerprint density at radius 2 is 0.843 bits per heavy atom. The maximum atomic E-state index is 10.0. The van der Waals surface area contributed by atoms with E-state index in [0.717, 1.165) is 145 Å². The summed E-state index contributed by atoms with van der Waals surface area (Å²) in [4.78, 5) is 37.3. The number of benzene rings is 16. The number of nitrogens with zero attached hydrogens (tertiary/aromatic N) is 13. The van der Waals surface area contributed by atoms with Crippen molar-refractivity contribution in [1.29, 1.82) is 0 Å². The molecule has 0 bridgehead atoms. The molecule has 1 aliphatic heterocycles. The van der Waals surface area contributed by atoms with Crippen molar-refractivity contribution in [3.05, 3.63) is 499 Å². The Morgan fingerprint density at radius 3 is 1.36 bits per heavy atom. The zero-order valence-corrected chi connectivity index (χ0v) is 91.9. The Labute approximate surface area is 906 Å². The summed E-state index contributed by atoms with van der Waals surface area (Å²) in [7, 11) is 2.00. The summed E-state index contributed by atoms with van der Waals surface area (Å²) in [5, 5.41) is 24.2. The molecule has 16 aromatic carbocycles. The maximum Gasteiger partial charge on any atom is 0.155 e. The predicted molar refractivity (Wildman–Crippen MR) is 536 cm³/mol. The fourth-order valence-corrected chi connectivity index (χ4v) is 15.7. The maximum absolute atomic E-state index is 10.0. The van der Waals surface area contributed by atoms with Gasteiger partial charge in [-0.2, -0.15) is 30.4 Å². The van der Waals surface area contributed by atoms with Crippen molar-refractivity contribution in [2.75, 3.05) is 11.9 Å². The number of pyridine rings is 2. The number of fused-ring (bicyclic) bond motifs is 14. The topological polar surface area (TPSA) is 168 Å². The van der Waals surface area contributed by atoms with Crippen molar-refractivity contribution in [3.63, 3.8) is 0 Å². The van der Waals surface area contributed by atoms with Gasteiger partial charge in [-0.3, -0.25) is 24.7 Å². The van der Waals surface area contributed by atoms with Crippen LogP contribution in [0.1, 0.15) is 13.8 Å². The van der Waals surface area contributed by atoms with Crippen LogP contribution in [0, 0.1) is 49.1 Å². The number of aliphatic hydroxyl groups is 1. The number of carbonyl (C=O) groups is 1. The second kappa shape index (κ2) is 52.6. The van der Waals surface area contributed by atoms with E-state index in [-0.39, 0.29) is 152 Å². The molecule has 16 nitrogen and oxygen atoms in total. The SMILES string of the molecule is CC(=O)C=C(C)O.CN1C=CN(c2[c-]ccc3c2oc2ccccc23)[CH-]1.[Ir].[Ir].[Ir].[Ir].[Ir].[Ir].[Ir].[c-]1cccc2c1c1nc3ccccc3n1c1ccccc21.[c-]1ccccc1-c1ccn[n-]1.[c-]1ccccc1-c1nc2ccccc2n1-c1ccccc1.[c-]1ccccc1-c1nc2ccccc2n1-c1ccccc1.[c-]1ccccc1-c1nccc2ccccc12.[c-]1ccccc1-c1nccn1-c1ccccc1. The van der Waals surface area contributed by atoms with E-state index < -0.39 is 0 Å². The molecule has 1 N–H and O–H groups in total. The van der Waals surface area contributed by atoms with Crippen LogP contribution in [0.2, 0.25) is 0 Å². The number of allylic oxidation sites excluding steroid dienone is 2. The molecule has 0 amide bonds. The Kier molecular flexibility index (Phi) is 40.2. The molecule has 0 saturated heterocycles. The molecule has 23 heteroatoms. The van der Waals surface area contributed by atoms with Crippen LogP contribution < -0.4 is 10.00 Å². The number of carbonyl (C=O) groups excluding carboxylic acids is 1. The van der Waals surface area contributed by atoms with Crippen LogP contribution in [-0.4, -0.2) is 71.0 Å². The first-order valence-corrected chi connectivity index (χ1v) is 43.2. The molecule has 0 atom stereocenters. The monoisotopic (exact) mass is 3070 g/mol. The second-order valence-corrected chi connectivity index (χ2v) is 30.6. The van der Waals surface area contributed by atoms with Crippen LogP contribution in [-0.2, 0) is 146 Å².